The smallest absolute Gasteiger partial charge is 0.364 e. The lowest BCUT2D eigenvalue weighted by Crippen LogP contribution is -2.25. The molecule has 0 aliphatic heterocycles. The first-order chi connectivity index (χ1) is 13.1. The Bertz CT molecular complexity index is 1200. The van der Waals surface area contributed by atoms with E-state index in [0.29, 0.717) is 22.2 Å². The topological polar surface area (TPSA) is 61.2 Å². The second-order valence-corrected chi connectivity index (χ2v) is 6.15. The minimum absolute atomic E-state index is 0.0931. The standard InChI is InChI=1S/C22H16N2O3/c1-15-8-7-11-17(14-15)27-22(26)20-18-12-5-6-13-19(18)21(25)24(23-20)16-9-3-2-4-10-16/h2-14H,1H3. The lowest BCUT2D eigenvalue weighted by atomic mass is 10.1. The first-order valence-electron chi connectivity index (χ1n) is 8.50. The molecule has 0 N–H and O–H groups in total. The molecule has 4 rings (SSSR count). The maximum Gasteiger partial charge on any atom is 0.364 e. The van der Waals surface area contributed by atoms with Crippen molar-refractivity contribution in [3.05, 3.63) is 100 Å². The Morgan fingerprint density at radius 3 is 2.33 bits per heavy atom. The van der Waals surface area contributed by atoms with E-state index in [1.54, 1.807) is 48.5 Å². The number of para-hydroxylation sites is 1. The number of carbonyl (C=O) groups excluding carboxylic acids is 1. The van der Waals surface area contributed by atoms with Gasteiger partial charge in [0.05, 0.1) is 11.1 Å². The highest BCUT2D eigenvalue weighted by molar-refractivity contribution is 6.03. The van der Waals surface area contributed by atoms with Gasteiger partial charge in [0.15, 0.2) is 5.69 Å². The molecule has 5 heteroatoms. The quantitative estimate of drug-likeness (QED) is 0.412. The molecule has 0 aliphatic rings. The van der Waals surface area contributed by atoms with Crippen LogP contribution in [0.3, 0.4) is 0 Å². The average Bonchev–Trinajstić information content (AvgIpc) is 2.69. The van der Waals surface area contributed by atoms with Crippen LogP contribution in [0, 0.1) is 6.92 Å². The van der Waals surface area contributed by atoms with E-state index < -0.39 is 5.97 Å². The van der Waals surface area contributed by atoms with Gasteiger partial charge in [-0.2, -0.15) is 9.78 Å². The van der Waals surface area contributed by atoms with Gasteiger partial charge in [0, 0.05) is 5.39 Å². The van der Waals surface area contributed by atoms with E-state index >= 15 is 0 Å². The fraction of sp³-hybridized carbons (Fsp3) is 0.0455. The predicted molar refractivity (Wildman–Crippen MR) is 103 cm³/mol. The fourth-order valence-electron chi connectivity index (χ4n) is 2.92. The molecule has 0 fully saturated rings. The first kappa shape index (κ1) is 16.7. The van der Waals surface area contributed by atoms with Gasteiger partial charge in [-0.3, -0.25) is 4.79 Å². The zero-order chi connectivity index (χ0) is 18.8. The second-order valence-electron chi connectivity index (χ2n) is 6.15. The van der Waals surface area contributed by atoms with Gasteiger partial charge in [0.1, 0.15) is 5.75 Å². The van der Waals surface area contributed by atoms with Crippen molar-refractivity contribution in [2.75, 3.05) is 0 Å². The van der Waals surface area contributed by atoms with Crippen LogP contribution >= 0.6 is 0 Å². The molecule has 3 aromatic carbocycles. The number of rotatable bonds is 3. The van der Waals surface area contributed by atoms with Gasteiger partial charge in [0.2, 0.25) is 0 Å². The molecule has 0 atom stereocenters. The van der Waals surface area contributed by atoms with Crippen molar-refractivity contribution < 1.29 is 9.53 Å². The molecule has 132 valence electrons. The normalized spacial score (nSPS) is 10.7. The summed E-state index contributed by atoms with van der Waals surface area (Å²) in [5, 5.41) is 5.19. The molecule has 5 nitrogen and oxygen atoms in total. The summed E-state index contributed by atoms with van der Waals surface area (Å²) in [7, 11) is 0. The lowest BCUT2D eigenvalue weighted by molar-refractivity contribution is 0.0729. The maximum absolute atomic E-state index is 12.9. The van der Waals surface area contributed by atoms with Crippen molar-refractivity contribution in [1.29, 1.82) is 0 Å². The van der Waals surface area contributed by atoms with Crippen LogP contribution in [0.2, 0.25) is 0 Å². The van der Waals surface area contributed by atoms with Gasteiger partial charge in [0.25, 0.3) is 5.56 Å². The summed E-state index contributed by atoms with van der Waals surface area (Å²) >= 11 is 0. The average molecular weight is 356 g/mol. The third-order valence-electron chi connectivity index (χ3n) is 4.20. The molecule has 0 aliphatic carbocycles. The van der Waals surface area contributed by atoms with E-state index in [4.69, 9.17) is 4.74 Å². The van der Waals surface area contributed by atoms with Gasteiger partial charge in [-0.1, -0.05) is 48.5 Å². The lowest BCUT2D eigenvalue weighted by Gasteiger charge is -2.11. The third kappa shape index (κ3) is 3.22. The van der Waals surface area contributed by atoms with Crippen LogP contribution in [0.5, 0.6) is 5.75 Å². The van der Waals surface area contributed by atoms with Gasteiger partial charge in [-0.15, -0.1) is 0 Å². The summed E-state index contributed by atoms with van der Waals surface area (Å²) < 4.78 is 6.73. The maximum atomic E-state index is 12.9. The monoisotopic (exact) mass is 356 g/mol. The molecular weight excluding hydrogens is 340 g/mol. The minimum Gasteiger partial charge on any atom is -0.422 e. The summed E-state index contributed by atoms with van der Waals surface area (Å²) in [6.07, 6.45) is 0. The van der Waals surface area contributed by atoms with Crippen molar-refractivity contribution >= 4 is 16.7 Å². The highest BCUT2D eigenvalue weighted by Gasteiger charge is 2.19. The Balaban J connectivity index is 1.88. The Hall–Kier alpha value is -3.73. The SMILES string of the molecule is Cc1cccc(OC(=O)c2nn(-c3ccccc3)c(=O)c3ccccc23)c1. The number of esters is 1. The van der Waals surface area contributed by atoms with Crippen LogP contribution in [-0.4, -0.2) is 15.7 Å². The molecule has 0 spiro atoms. The largest absolute Gasteiger partial charge is 0.422 e. The zero-order valence-electron chi connectivity index (χ0n) is 14.6. The minimum atomic E-state index is -0.610. The number of hydrogen-bond donors (Lipinski definition) is 0. The molecular formula is C22H16N2O3. The molecule has 1 aromatic heterocycles. The van der Waals surface area contributed by atoms with Gasteiger partial charge < -0.3 is 4.74 Å². The predicted octanol–water partition coefficient (Wildman–Crippen LogP) is 3.91. The second kappa shape index (κ2) is 6.88. The highest BCUT2D eigenvalue weighted by Crippen LogP contribution is 2.19. The van der Waals surface area contributed by atoms with E-state index in [-0.39, 0.29) is 11.3 Å². The van der Waals surface area contributed by atoms with Gasteiger partial charge >= 0.3 is 5.97 Å². The summed E-state index contributed by atoms with van der Waals surface area (Å²) in [4.78, 5) is 25.7. The van der Waals surface area contributed by atoms with Gasteiger partial charge in [-0.25, -0.2) is 4.79 Å². The number of benzene rings is 3. The number of carbonyl (C=O) groups is 1. The van der Waals surface area contributed by atoms with E-state index in [2.05, 4.69) is 5.10 Å². The third-order valence-corrected chi connectivity index (χ3v) is 4.20. The molecule has 0 saturated carbocycles. The molecule has 0 radical (unpaired) electrons. The van der Waals surface area contributed by atoms with Crippen molar-refractivity contribution in [2.45, 2.75) is 6.92 Å². The number of nitrogens with zero attached hydrogens (tertiary/aromatic N) is 2. The Kier molecular flexibility index (Phi) is 4.26. The number of hydrogen-bond acceptors (Lipinski definition) is 4. The van der Waals surface area contributed by atoms with Crippen molar-refractivity contribution in [2.24, 2.45) is 0 Å². The molecule has 0 amide bonds. The highest BCUT2D eigenvalue weighted by atomic mass is 16.5. The van der Waals surface area contributed by atoms with Crippen LogP contribution in [0.25, 0.3) is 16.5 Å². The molecule has 4 aromatic rings. The Morgan fingerprint density at radius 2 is 1.59 bits per heavy atom. The number of fused-ring (bicyclic) bond motifs is 1. The van der Waals surface area contributed by atoms with E-state index in [9.17, 15) is 9.59 Å². The Labute approximate surface area is 155 Å². The van der Waals surface area contributed by atoms with E-state index in [0.717, 1.165) is 5.56 Å². The van der Waals surface area contributed by atoms with Gasteiger partial charge in [-0.05, 0) is 42.8 Å². The summed E-state index contributed by atoms with van der Waals surface area (Å²) in [5.74, 6) is -0.176. The van der Waals surface area contributed by atoms with Crippen LogP contribution in [0.4, 0.5) is 0 Å². The number of aryl methyl sites for hydroxylation is 1. The van der Waals surface area contributed by atoms with Crippen LogP contribution < -0.4 is 10.3 Å². The molecule has 0 bridgehead atoms. The van der Waals surface area contributed by atoms with Crippen molar-refractivity contribution in [1.82, 2.24) is 9.78 Å². The van der Waals surface area contributed by atoms with E-state index in [1.807, 2.05) is 37.3 Å². The first-order valence-corrected chi connectivity index (χ1v) is 8.50. The molecule has 1 heterocycles. The zero-order valence-corrected chi connectivity index (χ0v) is 14.6. The van der Waals surface area contributed by atoms with Crippen molar-refractivity contribution in [3.8, 4) is 11.4 Å². The van der Waals surface area contributed by atoms with E-state index in [1.165, 1.54) is 4.68 Å². The number of aromatic nitrogens is 2. The van der Waals surface area contributed by atoms with Crippen molar-refractivity contribution in [3.63, 3.8) is 0 Å². The fourth-order valence-corrected chi connectivity index (χ4v) is 2.92. The molecule has 0 unspecified atom stereocenters. The number of ether oxygens (including phenoxy) is 1. The van der Waals surface area contributed by atoms with Crippen LogP contribution in [0.1, 0.15) is 16.1 Å². The van der Waals surface area contributed by atoms with Crippen LogP contribution in [-0.2, 0) is 0 Å². The molecule has 27 heavy (non-hydrogen) atoms. The summed E-state index contributed by atoms with van der Waals surface area (Å²) in [6, 6.07) is 23.1. The summed E-state index contributed by atoms with van der Waals surface area (Å²) in [6.45, 7) is 1.92. The summed E-state index contributed by atoms with van der Waals surface area (Å²) in [5.41, 5.74) is 1.37. The Morgan fingerprint density at radius 1 is 0.889 bits per heavy atom. The van der Waals surface area contributed by atoms with Crippen LogP contribution in [0.15, 0.2) is 83.7 Å². The molecule has 0 saturated heterocycles.